The first-order chi connectivity index (χ1) is 12.1. The molecule has 0 radical (unpaired) electrons. The molecular formula is C17H19BrClFN4O2. The summed E-state index contributed by atoms with van der Waals surface area (Å²) in [4.78, 5) is 18.2. The van der Waals surface area contributed by atoms with Gasteiger partial charge in [0.2, 0.25) is 0 Å². The standard InChI is InChI=1S/C17H18BrFN4O2.ClH/c18-12-3-4-16(15(19)8-12)22-17(24)23-7-6-21-9-13(23)11-25-14-2-1-5-20-10-14;/h1-5,8,10,13,21H,6-7,9,11H2,(H,22,24);1H. The van der Waals surface area contributed by atoms with E-state index in [0.717, 1.165) is 0 Å². The fourth-order valence-corrected chi connectivity index (χ4v) is 2.91. The summed E-state index contributed by atoms with van der Waals surface area (Å²) in [7, 11) is 0. The fraction of sp³-hybridized carbons (Fsp3) is 0.294. The summed E-state index contributed by atoms with van der Waals surface area (Å²) in [5, 5.41) is 5.87. The van der Waals surface area contributed by atoms with E-state index in [1.165, 1.54) is 12.1 Å². The number of benzene rings is 1. The third-order valence-electron chi connectivity index (χ3n) is 3.86. The van der Waals surface area contributed by atoms with Gasteiger partial charge in [-0.2, -0.15) is 0 Å². The normalized spacial score (nSPS) is 16.5. The highest BCUT2D eigenvalue weighted by molar-refractivity contribution is 9.10. The Bertz CT molecular complexity index is 738. The minimum Gasteiger partial charge on any atom is -0.490 e. The summed E-state index contributed by atoms with van der Waals surface area (Å²) in [6.07, 6.45) is 3.29. The van der Waals surface area contributed by atoms with Crippen LogP contribution < -0.4 is 15.4 Å². The molecule has 0 saturated carbocycles. The molecule has 0 spiro atoms. The minimum atomic E-state index is -0.485. The van der Waals surface area contributed by atoms with Crippen molar-refractivity contribution in [3.05, 3.63) is 53.0 Å². The number of anilines is 1. The lowest BCUT2D eigenvalue weighted by Gasteiger charge is -2.35. The van der Waals surface area contributed by atoms with E-state index in [-0.39, 0.29) is 30.2 Å². The van der Waals surface area contributed by atoms with Crippen LogP contribution >= 0.6 is 28.3 Å². The first-order valence-electron chi connectivity index (χ1n) is 7.89. The Morgan fingerprint density at radius 3 is 3.04 bits per heavy atom. The van der Waals surface area contributed by atoms with Crippen LogP contribution in [0.4, 0.5) is 14.9 Å². The molecule has 1 saturated heterocycles. The number of urea groups is 1. The van der Waals surface area contributed by atoms with Crippen LogP contribution in [0.2, 0.25) is 0 Å². The number of nitrogens with one attached hydrogen (secondary N) is 2. The van der Waals surface area contributed by atoms with E-state index in [0.29, 0.717) is 36.5 Å². The fourth-order valence-electron chi connectivity index (χ4n) is 2.58. The van der Waals surface area contributed by atoms with Gasteiger partial charge < -0.3 is 20.3 Å². The average Bonchev–Trinajstić information content (AvgIpc) is 2.63. The van der Waals surface area contributed by atoms with Crippen molar-refractivity contribution < 1.29 is 13.9 Å². The molecule has 1 unspecified atom stereocenters. The van der Waals surface area contributed by atoms with Crippen LogP contribution in [0.3, 0.4) is 0 Å². The number of piperazine rings is 1. The van der Waals surface area contributed by atoms with Gasteiger partial charge in [-0.25, -0.2) is 9.18 Å². The Hall–Kier alpha value is -1.90. The summed E-state index contributed by atoms with van der Waals surface area (Å²) in [5.41, 5.74) is 0.152. The molecule has 26 heavy (non-hydrogen) atoms. The number of hydrogen-bond acceptors (Lipinski definition) is 4. The number of carbonyl (C=O) groups is 1. The smallest absolute Gasteiger partial charge is 0.322 e. The van der Waals surface area contributed by atoms with Crippen molar-refractivity contribution in [2.24, 2.45) is 0 Å². The van der Waals surface area contributed by atoms with Gasteiger partial charge in [0.05, 0.1) is 17.9 Å². The summed E-state index contributed by atoms with van der Waals surface area (Å²) in [6, 6.07) is 7.62. The molecular weight excluding hydrogens is 427 g/mol. The Labute approximate surface area is 165 Å². The molecule has 3 rings (SSSR count). The van der Waals surface area contributed by atoms with E-state index >= 15 is 0 Å². The van der Waals surface area contributed by atoms with Crippen LogP contribution in [0.1, 0.15) is 0 Å². The monoisotopic (exact) mass is 444 g/mol. The van der Waals surface area contributed by atoms with E-state index in [1.807, 2.05) is 6.07 Å². The maximum Gasteiger partial charge on any atom is 0.322 e. The van der Waals surface area contributed by atoms with Crippen LogP contribution in [0.15, 0.2) is 47.2 Å². The second-order valence-electron chi connectivity index (χ2n) is 5.61. The third kappa shape index (κ3) is 5.30. The Balaban J connectivity index is 0.00000243. The highest BCUT2D eigenvalue weighted by atomic mass is 79.9. The lowest BCUT2D eigenvalue weighted by molar-refractivity contribution is 0.132. The number of aromatic nitrogens is 1. The van der Waals surface area contributed by atoms with Gasteiger partial charge in [-0.3, -0.25) is 4.98 Å². The first kappa shape index (κ1) is 20.4. The highest BCUT2D eigenvalue weighted by Crippen LogP contribution is 2.20. The molecule has 6 nitrogen and oxygen atoms in total. The van der Waals surface area contributed by atoms with Crippen LogP contribution in [0, 0.1) is 5.82 Å². The molecule has 1 aliphatic heterocycles. The largest absolute Gasteiger partial charge is 0.490 e. The molecule has 1 aromatic heterocycles. The van der Waals surface area contributed by atoms with E-state index in [4.69, 9.17) is 4.74 Å². The summed E-state index contributed by atoms with van der Waals surface area (Å²) < 4.78 is 20.3. The number of pyridine rings is 1. The number of halogens is 3. The van der Waals surface area contributed by atoms with Crippen molar-refractivity contribution in [1.82, 2.24) is 15.2 Å². The summed E-state index contributed by atoms with van der Waals surface area (Å²) in [5.74, 6) is 0.161. The van der Waals surface area contributed by atoms with Gasteiger partial charge in [0.15, 0.2) is 0 Å². The van der Waals surface area contributed by atoms with E-state index in [9.17, 15) is 9.18 Å². The molecule has 1 aromatic carbocycles. The van der Waals surface area contributed by atoms with E-state index < -0.39 is 5.82 Å². The number of hydrogen-bond donors (Lipinski definition) is 2. The number of rotatable bonds is 4. The average molecular weight is 446 g/mol. The van der Waals surface area contributed by atoms with Crippen LogP contribution in [0.25, 0.3) is 0 Å². The van der Waals surface area contributed by atoms with Crippen LogP contribution in [-0.4, -0.2) is 48.2 Å². The van der Waals surface area contributed by atoms with E-state index in [2.05, 4.69) is 31.5 Å². The third-order valence-corrected chi connectivity index (χ3v) is 4.35. The Kier molecular flexibility index (Phi) is 7.62. The van der Waals surface area contributed by atoms with Crippen molar-refractivity contribution in [3.8, 4) is 5.75 Å². The van der Waals surface area contributed by atoms with Crippen molar-refractivity contribution >= 4 is 40.1 Å². The number of ether oxygens (including phenoxy) is 1. The second kappa shape index (κ2) is 9.70. The summed E-state index contributed by atoms with van der Waals surface area (Å²) >= 11 is 3.20. The topological polar surface area (TPSA) is 66.5 Å². The van der Waals surface area contributed by atoms with Crippen molar-refractivity contribution in [2.45, 2.75) is 6.04 Å². The zero-order valence-corrected chi connectivity index (χ0v) is 16.2. The van der Waals surface area contributed by atoms with Gasteiger partial charge in [-0.15, -0.1) is 12.4 Å². The molecule has 1 aliphatic rings. The Morgan fingerprint density at radius 2 is 2.31 bits per heavy atom. The lowest BCUT2D eigenvalue weighted by Crippen LogP contribution is -2.57. The summed E-state index contributed by atoms with van der Waals surface area (Å²) in [6.45, 7) is 2.14. The van der Waals surface area contributed by atoms with Gasteiger partial charge in [-0.1, -0.05) is 15.9 Å². The lowest BCUT2D eigenvalue weighted by atomic mass is 10.2. The maximum absolute atomic E-state index is 13.9. The molecule has 1 fully saturated rings. The van der Waals surface area contributed by atoms with Gasteiger partial charge in [-0.05, 0) is 30.3 Å². The molecule has 0 aliphatic carbocycles. The van der Waals surface area contributed by atoms with Gasteiger partial charge in [0, 0.05) is 30.3 Å². The second-order valence-corrected chi connectivity index (χ2v) is 6.52. The molecule has 140 valence electrons. The highest BCUT2D eigenvalue weighted by Gasteiger charge is 2.27. The van der Waals surface area contributed by atoms with Crippen molar-refractivity contribution in [3.63, 3.8) is 0 Å². The van der Waals surface area contributed by atoms with Crippen molar-refractivity contribution in [1.29, 1.82) is 0 Å². The predicted molar refractivity (Wildman–Crippen MR) is 103 cm³/mol. The number of amides is 2. The maximum atomic E-state index is 13.9. The molecule has 2 heterocycles. The van der Waals surface area contributed by atoms with Gasteiger partial charge >= 0.3 is 6.03 Å². The Morgan fingerprint density at radius 1 is 1.46 bits per heavy atom. The predicted octanol–water partition coefficient (Wildman–Crippen LogP) is 3.29. The number of carbonyl (C=O) groups excluding carboxylic acids is 1. The zero-order valence-electron chi connectivity index (χ0n) is 13.8. The molecule has 0 bridgehead atoms. The van der Waals surface area contributed by atoms with Gasteiger partial charge in [0.25, 0.3) is 0 Å². The SMILES string of the molecule is Cl.O=C(Nc1ccc(Br)cc1F)N1CCNCC1COc1cccnc1. The zero-order chi connectivity index (χ0) is 17.6. The first-order valence-corrected chi connectivity index (χ1v) is 8.69. The molecule has 9 heteroatoms. The molecule has 2 aromatic rings. The minimum absolute atomic E-state index is 0. The van der Waals surface area contributed by atoms with Crippen molar-refractivity contribution in [2.75, 3.05) is 31.6 Å². The van der Waals surface area contributed by atoms with Crippen LogP contribution in [-0.2, 0) is 0 Å². The molecule has 2 N–H and O–H groups in total. The molecule has 2 amide bonds. The quantitative estimate of drug-likeness (QED) is 0.758. The van der Waals surface area contributed by atoms with Gasteiger partial charge in [0.1, 0.15) is 18.2 Å². The van der Waals surface area contributed by atoms with E-state index in [1.54, 1.807) is 29.4 Å². The number of nitrogens with zero attached hydrogens (tertiary/aromatic N) is 2. The van der Waals surface area contributed by atoms with Crippen LogP contribution in [0.5, 0.6) is 5.75 Å². The molecule has 1 atom stereocenters.